The van der Waals surface area contributed by atoms with Gasteiger partial charge in [0.15, 0.2) is 0 Å². The van der Waals surface area contributed by atoms with Crippen molar-refractivity contribution < 1.29 is 0 Å². The number of alkyl halides is 1. The first-order valence-electron chi connectivity index (χ1n) is 6.55. The average Bonchev–Trinajstić information content (AvgIpc) is 2.25. The van der Waals surface area contributed by atoms with Gasteiger partial charge in [0.2, 0.25) is 0 Å². The molecule has 1 aromatic carbocycles. The van der Waals surface area contributed by atoms with Crippen molar-refractivity contribution >= 4 is 11.6 Å². The number of hydrogen-bond donors (Lipinski definition) is 0. The molecule has 0 spiro atoms. The minimum absolute atomic E-state index is 0.159. The molecule has 0 amide bonds. The maximum absolute atomic E-state index is 6.42. The molecule has 0 saturated heterocycles. The van der Waals surface area contributed by atoms with E-state index in [-0.39, 0.29) is 10.8 Å². The van der Waals surface area contributed by atoms with Gasteiger partial charge in [-0.25, -0.2) is 0 Å². The van der Waals surface area contributed by atoms with Gasteiger partial charge in [-0.05, 0) is 35.3 Å². The molecule has 0 N–H and O–H groups in total. The van der Waals surface area contributed by atoms with Gasteiger partial charge in [-0.15, -0.1) is 11.6 Å². The van der Waals surface area contributed by atoms with Crippen molar-refractivity contribution in [1.29, 1.82) is 0 Å². The van der Waals surface area contributed by atoms with Gasteiger partial charge in [-0.1, -0.05) is 58.9 Å². The largest absolute Gasteiger partial charge is 0.118 e. The lowest BCUT2D eigenvalue weighted by Crippen LogP contribution is -2.10. The van der Waals surface area contributed by atoms with Crippen molar-refractivity contribution in [2.45, 2.75) is 58.3 Å². The van der Waals surface area contributed by atoms with Gasteiger partial charge in [0.05, 0.1) is 5.38 Å². The van der Waals surface area contributed by atoms with E-state index in [0.29, 0.717) is 0 Å². The maximum atomic E-state index is 6.42. The Bertz CT molecular complexity index is 330. The molecule has 0 aliphatic rings. The summed E-state index contributed by atoms with van der Waals surface area (Å²) >= 11 is 6.42. The van der Waals surface area contributed by atoms with Crippen molar-refractivity contribution in [3.05, 3.63) is 35.4 Å². The highest BCUT2D eigenvalue weighted by atomic mass is 35.5. The van der Waals surface area contributed by atoms with E-state index in [4.69, 9.17) is 11.6 Å². The maximum Gasteiger partial charge on any atom is 0.0585 e. The molecule has 1 atom stereocenters. The van der Waals surface area contributed by atoms with Gasteiger partial charge < -0.3 is 0 Å². The van der Waals surface area contributed by atoms with Crippen LogP contribution in [0.1, 0.15) is 64.0 Å². The van der Waals surface area contributed by atoms with Crippen molar-refractivity contribution in [3.8, 4) is 0 Å². The highest BCUT2D eigenvalue weighted by Gasteiger charge is 2.14. The Morgan fingerprint density at radius 3 is 1.94 bits per heavy atom. The highest BCUT2D eigenvalue weighted by Crippen LogP contribution is 2.29. The quantitative estimate of drug-likeness (QED) is 0.603. The van der Waals surface area contributed by atoms with Gasteiger partial charge >= 0.3 is 0 Å². The zero-order chi connectivity index (χ0) is 13.1. The fourth-order valence-corrected chi connectivity index (χ4v) is 2.11. The van der Waals surface area contributed by atoms with E-state index in [9.17, 15) is 0 Å². The topological polar surface area (TPSA) is 0 Å². The van der Waals surface area contributed by atoms with E-state index in [0.717, 1.165) is 12.3 Å². The van der Waals surface area contributed by atoms with Crippen molar-refractivity contribution in [3.63, 3.8) is 0 Å². The summed E-state index contributed by atoms with van der Waals surface area (Å²) in [6, 6.07) is 8.78. The second-order valence-corrected chi connectivity index (χ2v) is 6.84. The molecule has 0 heterocycles. The summed E-state index contributed by atoms with van der Waals surface area (Å²) in [7, 11) is 0. The van der Waals surface area contributed by atoms with Gasteiger partial charge in [-0.2, -0.15) is 0 Å². The Hall–Kier alpha value is -0.490. The first-order chi connectivity index (χ1) is 7.80. The summed E-state index contributed by atoms with van der Waals surface area (Å²) in [5.74, 6) is 0.727. The molecule has 0 aliphatic carbocycles. The van der Waals surface area contributed by atoms with Crippen molar-refractivity contribution in [2.24, 2.45) is 5.92 Å². The molecule has 1 aromatic rings. The van der Waals surface area contributed by atoms with E-state index in [1.54, 1.807) is 0 Å². The molecule has 0 saturated carbocycles. The Balaban J connectivity index is 2.67. The minimum atomic E-state index is 0.159. The van der Waals surface area contributed by atoms with Crippen LogP contribution in [-0.2, 0) is 5.41 Å². The third-order valence-electron chi connectivity index (χ3n) is 3.14. The monoisotopic (exact) mass is 252 g/mol. The Kier molecular flexibility index (Phi) is 5.06. The van der Waals surface area contributed by atoms with Crippen LogP contribution in [-0.4, -0.2) is 0 Å². The summed E-state index contributed by atoms with van der Waals surface area (Å²) in [6.07, 6.45) is 2.25. The van der Waals surface area contributed by atoms with Gasteiger partial charge in [-0.3, -0.25) is 0 Å². The van der Waals surface area contributed by atoms with Gasteiger partial charge in [0.25, 0.3) is 0 Å². The molecule has 96 valence electrons. The summed E-state index contributed by atoms with van der Waals surface area (Å²) in [4.78, 5) is 0. The molecule has 1 heteroatoms. The molecule has 0 aromatic heterocycles. The fraction of sp³-hybridized carbons (Fsp3) is 0.625. The van der Waals surface area contributed by atoms with Crippen LogP contribution in [0.15, 0.2) is 24.3 Å². The van der Waals surface area contributed by atoms with Crippen LogP contribution in [0.4, 0.5) is 0 Å². The molecule has 0 fully saturated rings. The number of rotatable bonds is 4. The number of halogens is 1. The second-order valence-electron chi connectivity index (χ2n) is 6.31. The third kappa shape index (κ3) is 4.71. The smallest absolute Gasteiger partial charge is 0.0585 e. The minimum Gasteiger partial charge on any atom is -0.118 e. The first-order valence-corrected chi connectivity index (χ1v) is 6.99. The lowest BCUT2D eigenvalue weighted by atomic mass is 9.86. The average molecular weight is 253 g/mol. The SMILES string of the molecule is CC(C)CCC(Cl)c1ccc(C(C)(C)C)cc1. The van der Waals surface area contributed by atoms with Gasteiger partial charge in [0, 0.05) is 0 Å². The third-order valence-corrected chi connectivity index (χ3v) is 3.61. The summed E-state index contributed by atoms with van der Waals surface area (Å²) in [6.45, 7) is 11.2. The fourth-order valence-electron chi connectivity index (χ4n) is 1.84. The van der Waals surface area contributed by atoms with Crippen LogP contribution >= 0.6 is 11.6 Å². The zero-order valence-corrected chi connectivity index (χ0v) is 12.5. The van der Waals surface area contributed by atoms with E-state index < -0.39 is 0 Å². The summed E-state index contributed by atoms with van der Waals surface area (Å²) in [5, 5.41) is 0.159. The molecular weight excluding hydrogens is 228 g/mol. The molecule has 1 unspecified atom stereocenters. The summed E-state index contributed by atoms with van der Waals surface area (Å²) in [5.41, 5.74) is 2.84. The zero-order valence-electron chi connectivity index (χ0n) is 11.8. The van der Waals surface area contributed by atoms with Crippen LogP contribution < -0.4 is 0 Å². The van der Waals surface area contributed by atoms with Crippen LogP contribution in [0, 0.1) is 5.92 Å². The van der Waals surface area contributed by atoms with E-state index in [1.165, 1.54) is 17.5 Å². The normalized spacial score (nSPS) is 14.1. The van der Waals surface area contributed by atoms with E-state index in [1.807, 2.05) is 0 Å². The molecule has 0 aliphatic heterocycles. The summed E-state index contributed by atoms with van der Waals surface area (Å²) < 4.78 is 0. The van der Waals surface area contributed by atoms with Crippen LogP contribution in [0.2, 0.25) is 0 Å². The Morgan fingerprint density at radius 1 is 1.00 bits per heavy atom. The number of hydrogen-bond acceptors (Lipinski definition) is 0. The van der Waals surface area contributed by atoms with Gasteiger partial charge in [0.1, 0.15) is 0 Å². The van der Waals surface area contributed by atoms with Crippen LogP contribution in [0.3, 0.4) is 0 Å². The molecule has 1 rings (SSSR count). The first kappa shape index (κ1) is 14.6. The molecule has 0 radical (unpaired) electrons. The Labute approximate surface area is 111 Å². The molecule has 0 nitrogen and oxygen atoms in total. The van der Waals surface area contributed by atoms with Crippen LogP contribution in [0.25, 0.3) is 0 Å². The highest BCUT2D eigenvalue weighted by molar-refractivity contribution is 6.20. The van der Waals surface area contributed by atoms with Crippen LogP contribution in [0.5, 0.6) is 0 Å². The van der Waals surface area contributed by atoms with E-state index >= 15 is 0 Å². The van der Waals surface area contributed by atoms with Crippen molar-refractivity contribution in [2.75, 3.05) is 0 Å². The van der Waals surface area contributed by atoms with E-state index in [2.05, 4.69) is 58.9 Å². The lowest BCUT2D eigenvalue weighted by molar-refractivity contribution is 0.548. The second kappa shape index (κ2) is 5.91. The molecular formula is C16H25Cl. The van der Waals surface area contributed by atoms with Crippen molar-refractivity contribution in [1.82, 2.24) is 0 Å². The Morgan fingerprint density at radius 2 is 1.53 bits per heavy atom. The number of benzene rings is 1. The standard InChI is InChI=1S/C16H25Cl/c1-12(2)6-11-15(17)13-7-9-14(10-8-13)16(3,4)5/h7-10,12,15H,6,11H2,1-5H3. The predicted molar refractivity (Wildman–Crippen MR) is 77.8 cm³/mol. The predicted octanol–water partition coefficient (Wildman–Crippen LogP) is 5.70. The lowest BCUT2D eigenvalue weighted by Gasteiger charge is -2.20. The molecule has 17 heavy (non-hydrogen) atoms. The molecule has 0 bridgehead atoms.